The zero-order valence-corrected chi connectivity index (χ0v) is 29.8. The maximum atomic E-state index is 5.06. The monoisotopic (exact) mass is 703 g/mol. The molecule has 10 rings (SSSR count). The van der Waals surface area contributed by atoms with Crippen molar-refractivity contribution in [2.75, 3.05) is 0 Å². The number of hydrogen-bond acceptors (Lipinski definition) is 4. The van der Waals surface area contributed by atoms with Crippen LogP contribution in [0.4, 0.5) is 0 Å². The van der Waals surface area contributed by atoms with Crippen LogP contribution >= 0.6 is 0 Å². The summed E-state index contributed by atoms with van der Waals surface area (Å²) in [6, 6.07) is 69.4. The van der Waals surface area contributed by atoms with Crippen molar-refractivity contribution >= 4 is 21.8 Å². The third-order valence-corrected chi connectivity index (χ3v) is 10.1. The van der Waals surface area contributed by atoms with Crippen LogP contribution in [0.1, 0.15) is 0 Å². The molecule has 0 aliphatic carbocycles. The van der Waals surface area contributed by atoms with Crippen LogP contribution in [0.5, 0.6) is 0 Å². The van der Waals surface area contributed by atoms with Crippen LogP contribution in [0, 0.1) is 0 Å². The number of para-hydroxylation sites is 3. The van der Waals surface area contributed by atoms with E-state index in [-0.39, 0.29) is 0 Å². The minimum Gasteiger partial charge on any atom is -0.292 e. The van der Waals surface area contributed by atoms with Gasteiger partial charge in [-0.2, -0.15) is 0 Å². The molecule has 0 radical (unpaired) electrons. The standard InChI is InChI=1S/C50H33N5/c1-4-13-37(14-5-1)47-52-48(38-15-6-2-7-16-38)54-49(53-47)39-28-25-36(26-29-39)43-20-12-17-35-27-32-41(33-44(35)43)34-23-30-40(31-24-34)50-51-45-21-10-11-22-46(45)55(50)42-18-8-3-9-19-42/h1-33H. The summed E-state index contributed by atoms with van der Waals surface area (Å²) in [5, 5.41) is 2.39. The molecule has 0 aliphatic rings. The van der Waals surface area contributed by atoms with Crippen LogP contribution in [-0.2, 0) is 0 Å². The Morgan fingerprint density at radius 3 is 1.49 bits per heavy atom. The lowest BCUT2D eigenvalue weighted by molar-refractivity contribution is 1.07. The van der Waals surface area contributed by atoms with Gasteiger partial charge in [-0.1, -0.05) is 170 Å². The molecule has 55 heavy (non-hydrogen) atoms. The molecule has 0 saturated carbocycles. The summed E-state index contributed by atoms with van der Waals surface area (Å²) >= 11 is 0. The molecule has 0 N–H and O–H groups in total. The number of rotatable bonds is 7. The average Bonchev–Trinajstić information content (AvgIpc) is 3.67. The summed E-state index contributed by atoms with van der Waals surface area (Å²) in [4.78, 5) is 19.8. The number of benzene rings is 8. The first-order chi connectivity index (χ1) is 27.2. The maximum absolute atomic E-state index is 5.06. The van der Waals surface area contributed by atoms with Gasteiger partial charge in [-0.3, -0.25) is 4.57 Å². The second-order valence-corrected chi connectivity index (χ2v) is 13.5. The van der Waals surface area contributed by atoms with Gasteiger partial charge in [0, 0.05) is 27.9 Å². The van der Waals surface area contributed by atoms with Crippen LogP contribution < -0.4 is 0 Å². The van der Waals surface area contributed by atoms with Crippen molar-refractivity contribution in [2.45, 2.75) is 0 Å². The molecule has 2 aromatic heterocycles. The van der Waals surface area contributed by atoms with Gasteiger partial charge in [0.05, 0.1) is 11.0 Å². The molecule has 8 aromatic carbocycles. The molecule has 5 nitrogen and oxygen atoms in total. The quantitative estimate of drug-likeness (QED) is 0.166. The average molecular weight is 704 g/mol. The highest BCUT2D eigenvalue weighted by Crippen LogP contribution is 2.35. The second-order valence-electron chi connectivity index (χ2n) is 13.5. The Labute approximate surface area is 318 Å². The number of imidazole rings is 1. The molecule has 0 spiro atoms. The second kappa shape index (κ2) is 13.8. The summed E-state index contributed by atoms with van der Waals surface area (Å²) in [5.41, 5.74) is 11.7. The van der Waals surface area contributed by atoms with Crippen LogP contribution in [0.15, 0.2) is 200 Å². The Hall–Kier alpha value is -7.50. The topological polar surface area (TPSA) is 56.5 Å². The lowest BCUT2D eigenvalue weighted by Gasteiger charge is -2.12. The first-order valence-corrected chi connectivity index (χ1v) is 18.4. The third kappa shape index (κ3) is 6.14. The molecule has 0 bridgehead atoms. The van der Waals surface area contributed by atoms with Gasteiger partial charge in [-0.05, 0) is 63.4 Å². The number of aromatic nitrogens is 5. The molecule has 10 aromatic rings. The summed E-state index contributed by atoms with van der Waals surface area (Å²) < 4.78 is 2.24. The van der Waals surface area contributed by atoms with Crippen molar-refractivity contribution in [2.24, 2.45) is 0 Å². The van der Waals surface area contributed by atoms with Crippen LogP contribution in [-0.4, -0.2) is 24.5 Å². The molecule has 258 valence electrons. The van der Waals surface area contributed by atoms with Gasteiger partial charge >= 0.3 is 0 Å². The highest BCUT2D eigenvalue weighted by molar-refractivity contribution is 5.99. The normalized spacial score (nSPS) is 11.3. The van der Waals surface area contributed by atoms with E-state index in [4.69, 9.17) is 19.9 Å². The van der Waals surface area contributed by atoms with E-state index >= 15 is 0 Å². The highest BCUT2D eigenvalue weighted by Gasteiger charge is 2.16. The first-order valence-electron chi connectivity index (χ1n) is 18.4. The summed E-state index contributed by atoms with van der Waals surface area (Å²) in [6.07, 6.45) is 0. The van der Waals surface area contributed by atoms with Crippen LogP contribution in [0.3, 0.4) is 0 Å². The van der Waals surface area contributed by atoms with Gasteiger partial charge in [0.25, 0.3) is 0 Å². The molecule has 0 unspecified atom stereocenters. The minimum absolute atomic E-state index is 0.641. The lowest BCUT2D eigenvalue weighted by Crippen LogP contribution is -2.00. The number of fused-ring (bicyclic) bond motifs is 2. The van der Waals surface area contributed by atoms with E-state index in [1.54, 1.807) is 0 Å². The summed E-state index contributed by atoms with van der Waals surface area (Å²) in [6.45, 7) is 0. The van der Waals surface area contributed by atoms with E-state index in [1.807, 2.05) is 72.8 Å². The van der Waals surface area contributed by atoms with Crippen molar-refractivity contribution in [3.05, 3.63) is 200 Å². The van der Waals surface area contributed by atoms with E-state index in [2.05, 4.69) is 132 Å². The fraction of sp³-hybridized carbons (Fsp3) is 0. The Morgan fingerprint density at radius 2 is 0.836 bits per heavy atom. The fourth-order valence-electron chi connectivity index (χ4n) is 7.31. The van der Waals surface area contributed by atoms with Gasteiger partial charge in [0.15, 0.2) is 17.5 Å². The predicted octanol–water partition coefficient (Wildman–Crippen LogP) is 12.4. The third-order valence-electron chi connectivity index (χ3n) is 10.1. The molecule has 0 aliphatic heterocycles. The van der Waals surface area contributed by atoms with Crippen molar-refractivity contribution in [3.8, 4) is 73.5 Å². The van der Waals surface area contributed by atoms with E-state index in [9.17, 15) is 0 Å². The summed E-state index contributed by atoms with van der Waals surface area (Å²) in [7, 11) is 0. The Balaban J connectivity index is 0.991. The van der Waals surface area contributed by atoms with Gasteiger partial charge in [0.1, 0.15) is 5.82 Å². The summed E-state index contributed by atoms with van der Waals surface area (Å²) in [5.74, 6) is 2.87. The van der Waals surface area contributed by atoms with Crippen molar-refractivity contribution in [1.29, 1.82) is 0 Å². The Morgan fingerprint density at radius 1 is 0.327 bits per heavy atom. The van der Waals surface area contributed by atoms with Crippen molar-refractivity contribution in [1.82, 2.24) is 24.5 Å². The molecule has 0 saturated heterocycles. The first kappa shape index (κ1) is 32.2. The van der Waals surface area contributed by atoms with Crippen molar-refractivity contribution < 1.29 is 0 Å². The number of nitrogens with zero attached hydrogens (tertiary/aromatic N) is 5. The smallest absolute Gasteiger partial charge is 0.164 e. The van der Waals surface area contributed by atoms with Crippen molar-refractivity contribution in [3.63, 3.8) is 0 Å². The molecule has 0 amide bonds. The van der Waals surface area contributed by atoms with E-state index in [0.717, 1.165) is 61.5 Å². The predicted molar refractivity (Wildman–Crippen MR) is 225 cm³/mol. The van der Waals surface area contributed by atoms with Gasteiger partial charge in [-0.15, -0.1) is 0 Å². The van der Waals surface area contributed by atoms with Crippen LogP contribution in [0.2, 0.25) is 0 Å². The van der Waals surface area contributed by atoms with E-state index in [0.29, 0.717) is 17.5 Å². The van der Waals surface area contributed by atoms with E-state index in [1.165, 1.54) is 16.3 Å². The zero-order valence-electron chi connectivity index (χ0n) is 29.8. The highest BCUT2D eigenvalue weighted by atomic mass is 15.1. The Kier molecular flexibility index (Phi) is 8.08. The molecule has 5 heteroatoms. The van der Waals surface area contributed by atoms with Gasteiger partial charge in [-0.25, -0.2) is 19.9 Å². The molecular formula is C50H33N5. The molecule has 2 heterocycles. The maximum Gasteiger partial charge on any atom is 0.164 e. The Bertz CT molecular complexity index is 2880. The van der Waals surface area contributed by atoms with Crippen LogP contribution in [0.25, 0.3) is 95.3 Å². The molecule has 0 atom stereocenters. The van der Waals surface area contributed by atoms with Gasteiger partial charge < -0.3 is 0 Å². The van der Waals surface area contributed by atoms with E-state index < -0.39 is 0 Å². The molecule has 0 fully saturated rings. The molecular weight excluding hydrogens is 671 g/mol. The zero-order chi connectivity index (χ0) is 36.6. The largest absolute Gasteiger partial charge is 0.292 e. The number of hydrogen-bond donors (Lipinski definition) is 0. The van der Waals surface area contributed by atoms with Gasteiger partial charge in [0.2, 0.25) is 0 Å². The SMILES string of the molecule is c1ccc(-c2nc(-c3ccccc3)nc(-c3ccc(-c4cccc5ccc(-c6ccc(-c7nc8ccccc8n7-c7ccccc7)cc6)cc45)cc3)n2)cc1. The fourth-order valence-corrected chi connectivity index (χ4v) is 7.31. The lowest BCUT2D eigenvalue weighted by atomic mass is 9.94. The minimum atomic E-state index is 0.641.